The van der Waals surface area contributed by atoms with Crippen LogP contribution in [0.3, 0.4) is 0 Å². The minimum absolute atomic E-state index is 0. The molecule has 1 aromatic carbocycles. The Bertz CT molecular complexity index is 432. The van der Waals surface area contributed by atoms with Gasteiger partial charge < -0.3 is 22.3 Å². The number of ether oxygens (including phenoxy) is 1. The predicted molar refractivity (Wildman–Crippen MR) is 74.1 cm³/mol. The fourth-order valence-corrected chi connectivity index (χ4v) is 2.17. The molecule has 0 aromatic heterocycles. The summed E-state index contributed by atoms with van der Waals surface area (Å²) in [7, 11) is 3.83. The average molecular weight is 300 g/mol. The molecule has 2 atom stereocenters. The molecule has 0 aliphatic carbocycles. The lowest BCUT2D eigenvalue weighted by Gasteiger charge is -2.37. The maximum absolute atomic E-state index is 11.5. The second-order valence-corrected chi connectivity index (χ2v) is 5.21. The average Bonchev–Trinajstić information content (AvgIpc) is 2.34. The van der Waals surface area contributed by atoms with Gasteiger partial charge >= 0.3 is 5.97 Å². The number of likely N-dealkylation sites (N-methyl/N-ethyl adjacent to an activating group) is 1. The summed E-state index contributed by atoms with van der Waals surface area (Å²) >= 11 is 0. The van der Waals surface area contributed by atoms with E-state index >= 15 is 0 Å². The van der Waals surface area contributed by atoms with Gasteiger partial charge in [0, 0.05) is 6.08 Å². The van der Waals surface area contributed by atoms with Gasteiger partial charge in [0.15, 0.2) is 0 Å². The van der Waals surface area contributed by atoms with E-state index in [0.29, 0.717) is 11.0 Å². The summed E-state index contributed by atoms with van der Waals surface area (Å²) in [5.41, 5.74) is 0.892. The Morgan fingerprint density at radius 1 is 1.40 bits per heavy atom. The van der Waals surface area contributed by atoms with Crippen LogP contribution in [0.15, 0.2) is 43.0 Å². The van der Waals surface area contributed by atoms with Crippen LogP contribution in [-0.4, -0.2) is 42.3 Å². The van der Waals surface area contributed by atoms with E-state index in [1.54, 1.807) is 6.92 Å². The molecule has 0 radical (unpaired) electrons. The van der Waals surface area contributed by atoms with E-state index in [4.69, 9.17) is 4.74 Å². The molecule has 0 fully saturated rings. The van der Waals surface area contributed by atoms with Crippen molar-refractivity contribution in [2.24, 2.45) is 0 Å². The second-order valence-electron chi connectivity index (χ2n) is 5.21. The van der Waals surface area contributed by atoms with E-state index in [1.807, 2.05) is 44.4 Å². The molecule has 112 valence electrons. The van der Waals surface area contributed by atoms with Crippen LogP contribution in [0.4, 0.5) is 0 Å². The standard InChI is InChI=1S/C15H22NO3.ClH/c1-5-14(18)19-15(13-9-7-6-8-10-13)16(3,4)11-12(2)17;/h5-10,12,15,17H,1,11H2,2-4H3;1H/q+1;/p-1. The molecule has 0 bridgehead atoms. The summed E-state index contributed by atoms with van der Waals surface area (Å²) < 4.78 is 5.80. The number of quaternary nitrogens is 1. The molecular formula is C15H22ClNO3. The van der Waals surface area contributed by atoms with Crippen LogP contribution in [0.1, 0.15) is 18.7 Å². The molecule has 0 spiro atoms. The molecular weight excluding hydrogens is 278 g/mol. The van der Waals surface area contributed by atoms with Crippen molar-refractivity contribution in [3.05, 3.63) is 48.6 Å². The number of esters is 1. The molecule has 5 heteroatoms. The van der Waals surface area contributed by atoms with Gasteiger partial charge in [-0.3, -0.25) is 4.48 Å². The van der Waals surface area contributed by atoms with E-state index in [1.165, 1.54) is 0 Å². The molecule has 4 nitrogen and oxygen atoms in total. The molecule has 0 saturated heterocycles. The third-order valence-corrected chi connectivity index (χ3v) is 2.85. The number of carbonyl (C=O) groups is 1. The van der Waals surface area contributed by atoms with Crippen LogP contribution in [-0.2, 0) is 9.53 Å². The number of aliphatic hydroxyl groups is 1. The van der Waals surface area contributed by atoms with E-state index in [-0.39, 0.29) is 12.4 Å². The number of rotatable bonds is 6. The molecule has 0 aliphatic rings. The minimum Gasteiger partial charge on any atom is -1.00 e. The predicted octanol–water partition coefficient (Wildman–Crippen LogP) is -1.12. The topological polar surface area (TPSA) is 46.5 Å². The third-order valence-electron chi connectivity index (χ3n) is 2.85. The first kappa shape index (κ1) is 18.6. The van der Waals surface area contributed by atoms with Gasteiger partial charge in [0.1, 0.15) is 12.6 Å². The zero-order valence-electron chi connectivity index (χ0n) is 12.1. The summed E-state index contributed by atoms with van der Waals surface area (Å²) in [6, 6.07) is 9.51. The summed E-state index contributed by atoms with van der Waals surface area (Å²) in [5.74, 6) is -0.467. The van der Waals surface area contributed by atoms with Gasteiger partial charge in [-0.1, -0.05) is 24.8 Å². The molecule has 1 N–H and O–H groups in total. The van der Waals surface area contributed by atoms with E-state index in [0.717, 1.165) is 11.6 Å². The van der Waals surface area contributed by atoms with Crippen LogP contribution in [0, 0.1) is 0 Å². The third kappa shape index (κ3) is 5.33. The summed E-state index contributed by atoms with van der Waals surface area (Å²) in [6.07, 6.45) is 0.197. The number of hydrogen-bond donors (Lipinski definition) is 1. The molecule has 0 heterocycles. The molecule has 1 aromatic rings. The van der Waals surface area contributed by atoms with E-state index in [9.17, 15) is 9.90 Å². The first-order valence-electron chi connectivity index (χ1n) is 6.25. The van der Waals surface area contributed by atoms with Gasteiger partial charge in [0.25, 0.3) is 6.23 Å². The highest BCUT2D eigenvalue weighted by molar-refractivity contribution is 5.81. The SMILES string of the molecule is C=CC(=O)OC(c1ccccc1)[N+](C)(C)CC(C)O.[Cl-]. The smallest absolute Gasteiger partial charge is 0.334 e. The summed E-state index contributed by atoms with van der Waals surface area (Å²) in [4.78, 5) is 11.5. The largest absolute Gasteiger partial charge is 1.00 e. The minimum atomic E-state index is -0.483. The van der Waals surface area contributed by atoms with Gasteiger partial charge in [0.2, 0.25) is 0 Å². The number of carbonyl (C=O) groups excluding carboxylic acids is 1. The zero-order valence-corrected chi connectivity index (χ0v) is 12.9. The van der Waals surface area contributed by atoms with Crippen molar-refractivity contribution in [3.63, 3.8) is 0 Å². The molecule has 0 saturated carbocycles. The fourth-order valence-electron chi connectivity index (χ4n) is 2.17. The van der Waals surface area contributed by atoms with Crippen LogP contribution in [0.25, 0.3) is 0 Å². The number of aliphatic hydroxyl groups excluding tert-OH is 1. The van der Waals surface area contributed by atoms with Crippen LogP contribution < -0.4 is 12.4 Å². The molecule has 2 unspecified atom stereocenters. The Morgan fingerprint density at radius 3 is 2.40 bits per heavy atom. The quantitative estimate of drug-likeness (QED) is 0.313. The Hall–Kier alpha value is -1.36. The highest BCUT2D eigenvalue weighted by atomic mass is 35.5. The Kier molecular flexibility index (Phi) is 7.50. The molecule has 1 rings (SSSR count). The zero-order chi connectivity index (χ0) is 14.5. The number of halogens is 1. The lowest BCUT2D eigenvalue weighted by Crippen LogP contribution is -3.00. The number of hydrogen-bond acceptors (Lipinski definition) is 3. The Labute approximate surface area is 126 Å². The molecule has 0 amide bonds. The van der Waals surface area contributed by atoms with Gasteiger partial charge in [-0.25, -0.2) is 4.79 Å². The van der Waals surface area contributed by atoms with Crippen LogP contribution >= 0.6 is 0 Å². The maximum Gasteiger partial charge on any atom is 0.334 e. The first-order valence-corrected chi connectivity index (χ1v) is 6.25. The number of nitrogens with zero attached hydrogens (tertiary/aromatic N) is 1. The van der Waals surface area contributed by atoms with Gasteiger partial charge in [-0.05, 0) is 19.1 Å². The van der Waals surface area contributed by atoms with Crippen LogP contribution in [0.5, 0.6) is 0 Å². The highest BCUT2D eigenvalue weighted by Gasteiger charge is 2.33. The number of benzene rings is 1. The Balaban J connectivity index is 0.00000361. The van der Waals surface area contributed by atoms with Crippen LogP contribution in [0.2, 0.25) is 0 Å². The Morgan fingerprint density at radius 2 is 1.95 bits per heavy atom. The monoisotopic (exact) mass is 299 g/mol. The van der Waals surface area contributed by atoms with Crippen molar-refractivity contribution < 1.29 is 31.5 Å². The van der Waals surface area contributed by atoms with E-state index < -0.39 is 18.3 Å². The molecule has 0 aliphatic heterocycles. The van der Waals surface area contributed by atoms with Gasteiger partial charge in [-0.15, -0.1) is 0 Å². The molecule has 20 heavy (non-hydrogen) atoms. The fraction of sp³-hybridized carbons (Fsp3) is 0.400. The van der Waals surface area contributed by atoms with Crippen molar-refractivity contribution >= 4 is 5.97 Å². The first-order chi connectivity index (χ1) is 8.86. The van der Waals surface area contributed by atoms with Crippen molar-refractivity contribution in [2.45, 2.75) is 19.3 Å². The van der Waals surface area contributed by atoms with Crippen molar-refractivity contribution in [1.29, 1.82) is 0 Å². The van der Waals surface area contributed by atoms with Crippen molar-refractivity contribution in [2.75, 3.05) is 20.6 Å². The lowest BCUT2D eigenvalue weighted by molar-refractivity contribution is -0.944. The van der Waals surface area contributed by atoms with E-state index in [2.05, 4.69) is 6.58 Å². The summed E-state index contributed by atoms with van der Waals surface area (Å²) in [5, 5.41) is 9.60. The second kappa shape index (κ2) is 8.04. The lowest BCUT2D eigenvalue weighted by atomic mass is 10.1. The van der Waals surface area contributed by atoms with Crippen molar-refractivity contribution in [3.8, 4) is 0 Å². The maximum atomic E-state index is 11.5. The normalized spacial score (nSPS) is 13.8. The van der Waals surface area contributed by atoms with Gasteiger partial charge in [-0.2, -0.15) is 0 Å². The summed E-state index contributed by atoms with van der Waals surface area (Å²) in [6.45, 7) is 5.62. The van der Waals surface area contributed by atoms with Crippen molar-refractivity contribution in [1.82, 2.24) is 0 Å². The highest BCUT2D eigenvalue weighted by Crippen LogP contribution is 2.27. The van der Waals surface area contributed by atoms with Gasteiger partial charge in [0.05, 0.1) is 19.7 Å².